The standard InChI is InChI=1S/C19H27N3O2.C18H2.HN3.O2.11H2/c1-12(19(2,3)4)17(24)21-18-20-15-9-8-13(11-23)10-16(15)22(18)14-6-5-7-14;1-3-5-7-9-11-13-15-17-18-16-14-12-10-8-6-4-2;1-3-2;1-2;;;;;;;;;;;/h8-10,12,14,23H,5-7,11H2,1-4H3,(H,20,21,24);1-2H;1H;;11*1H/t12-;;;;;;;;;;;;;;/m1............../s1. The Kier molecular flexibility index (Phi) is 20.0. The van der Waals surface area contributed by atoms with Crippen LogP contribution in [0.1, 0.15) is 74.3 Å². The van der Waals surface area contributed by atoms with Crippen molar-refractivity contribution in [3.63, 3.8) is 0 Å². The Balaban J connectivity index is -0.0000000572. The average molecular weight is 645 g/mol. The number of aliphatic hydroxyl groups is 1. The van der Waals surface area contributed by atoms with Gasteiger partial charge in [-0.05, 0) is 148 Å². The summed E-state index contributed by atoms with van der Waals surface area (Å²) >= 11 is 0. The zero-order valence-electron chi connectivity index (χ0n) is 26.3. The molecule has 1 aromatic heterocycles. The number of benzene rings is 1. The second-order valence-corrected chi connectivity index (χ2v) is 10.1. The summed E-state index contributed by atoms with van der Waals surface area (Å²) in [4.78, 5) is 33.0. The molecular weight excluding hydrogens is 592 g/mol. The van der Waals surface area contributed by atoms with E-state index >= 15 is 0 Å². The fourth-order valence-corrected chi connectivity index (χ4v) is 3.40. The molecule has 2 aromatic rings. The lowest BCUT2D eigenvalue weighted by Gasteiger charge is -2.30. The molecule has 254 valence electrons. The Morgan fingerprint density at radius 2 is 1.43 bits per heavy atom. The highest BCUT2D eigenvalue weighted by Gasteiger charge is 2.30. The Morgan fingerprint density at radius 1 is 1.00 bits per heavy atom. The predicted octanol–water partition coefficient (Wildman–Crippen LogP) is 7.80. The van der Waals surface area contributed by atoms with Crippen LogP contribution in [0.4, 0.5) is 5.95 Å². The molecule has 1 aliphatic carbocycles. The first-order chi connectivity index (χ1) is 22.6. The zero-order chi connectivity index (χ0) is 35.5. The monoisotopic (exact) mass is 644 g/mol. The third-order valence-electron chi connectivity index (χ3n) is 6.26. The molecule has 10 heteroatoms. The summed E-state index contributed by atoms with van der Waals surface area (Å²) in [6, 6.07) is 6.15. The van der Waals surface area contributed by atoms with Crippen molar-refractivity contribution in [3.05, 3.63) is 44.1 Å². The molecule has 1 aliphatic rings. The lowest BCUT2D eigenvalue weighted by molar-refractivity contribution is -0.122. The molecule has 1 atom stereocenters. The molecule has 0 saturated heterocycles. The van der Waals surface area contributed by atoms with E-state index in [4.69, 9.17) is 33.8 Å². The largest absolute Gasteiger partial charge is 0.392 e. The summed E-state index contributed by atoms with van der Waals surface area (Å²) in [5, 5.41) is 12.5. The topological polar surface area (TPSA) is 162 Å². The molecule has 1 aromatic carbocycles. The number of carbonyl (C=O) groups is 1. The number of aromatic nitrogens is 2. The molecule has 0 radical (unpaired) electrons. The molecule has 1 saturated carbocycles. The molecule has 0 aliphatic heterocycles. The van der Waals surface area contributed by atoms with E-state index in [1.165, 1.54) is 6.42 Å². The van der Waals surface area contributed by atoms with E-state index in [1.54, 1.807) is 4.91 Å². The number of imidazole rings is 1. The van der Waals surface area contributed by atoms with Crippen molar-refractivity contribution in [2.75, 3.05) is 5.32 Å². The number of hydrogen-bond donors (Lipinski definition) is 3. The number of fused-ring (bicyclic) bond motifs is 1. The molecular formula is C37H52N6O4. The number of carbonyl (C=O) groups excluding carboxylic acids is 1. The smallest absolute Gasteiger partial charge is 0.230 e. The van der Waals surface area contributed by atoms with Gasteiger partial charge in [0.15, 0.2) is 0 Å². The minimum absolute atomic E-state index is 0. The SMILES string of the molecule is C#CC#CC#CC#CC#CC#CC#CC#CC#C.C[C@H](C(=O)Nc1nc2ccc(CO)cc2n1C1CCC1)C(C)(C)C.O=O.[HH].[HH].[HH].[HH].[HH].[HH].[HH].[HH].[HH].[HH].[HH].[N-]=[N+]=N. The molecule has 0 bridgehead atoms. The first-order valence-electron chi connectivity index (χ1n) is 13.7. The summed E-state index contributed by atoms with van der Waals surface area (Å²) in [5.41, 5.74) is 14.9. The van der Waals surface area contributed by atoms with Gasteiger partial charge in [0.05, 0.1) is 17.6 Å². The Bertz CT molecular complexity index is 1950. The first-order valence-corrected chi connectivity index (χ1v) is 13.7. The summed E-state index contributed by atoms with van der Waals surface area (Å²) in [6.07, 6.45) is 13.2. The lowest BCUT2D eigenvalue weighted by Crippen LogP contribution is -2.32. The zero-order valence-corrected chi connectivity index (χ0v) is 26.3. The van der Waals surface area contributed by atoms with Crippen LogP contribution in [0.2, 0.25) is 0 Å². The van der Waals surface area contributed by atoms with E-state index in [9.17, 15) is 9.90 Å². The van der Waals surface area contributed by atoms with Crippen LogP contribution in [0, 0.1) is 134 Å². The van der Waals surface area contributed by atoms with Gasteiger partial charge >= 0.3 is 0 Å². The molecule has 1 fully saturated rings. The quantitative estimate of drug-likeness (QED) is 0.134. The van der Waals surface area contributed by atoms with Gasteiger partial charge in [-0.2, -0.15) is 0 Å². The highest BCUT2D eigenvalue weighted by atomic mass is 16.7. The van der Waals surface area contributed by atoms with Gasteiger partial charge in [0.2, 0.25) is 11.9 Å². The molecule has 3 N–H and O–H groups in total. The molecule has 0 unspecified atom stereocenters. The molecule has 1 heterocycles. The number of nitrogens with zero attached hydrogens (tertiary/aromatic N) is 4. The number of anilines is 1. The fourth-order valence-electron chi connectivity index (χ4n) is 3.40. The van der Waals surface area contributed by atoms with Crippen molar-refractivity contribution in [1.29, 1.82) is 5.53 Å². The van der Waals surface area contributed by atoms with Gasteiger partial charge in [0.1, 0.15) is 0 Å². The highest BCUT2D eigenvalue weighted by Crippen LogP contribution is 2.38. The maximum Gasteiger partial charge on any atom is 0.230 e. The predicted molar refractivity (Wildman–Crippen MR) is 207 cm³/mol. The van der Waals surface area contributed by atoms with Gasteiger partial charge in [-0.3, -0.25) is 10.1 Å². The van der Waals surface area contributed by atoms with Crippen LogP contribution in [-0.4, -0.2) is 20.6 Å². The second kappa shape index (κ2) is 23.5. The highest BCUT2D eigenvalue weighted by molar-refractivity contribution is 5.93. The number of nitrogens with one attached hydrogen (secondary N) is 2. The Labute approximate surface area is 291 Å². The molecule has 10 nitrogen and oxygen atoms in total. The third-order valence-corrected chi connectivity index (χ3v) is 6.26. The van der Waals surface area contributed by atoms with Crippen LogP contribution in [0.15, 0.2) is 18.2 Å². The average Bonchev–Trinajstić information content (AvgIpc) is 3.37. The molecule has 3 rings (SSSR count). The minimum atomic E-state index is -0.111. The van der Waals surface area contributed by atoms with Crippen molar-refractivity contribution in [2.24, 2.45) is 11.3 Å². The van der Waals surface area contributed by atoms with Crippen LogP contribution in [0.25, 0.3) is 21.5 Å². The number of hydrogen-bond acceptors (Lipinski definition) is 6. The van der Waals surface area contributed by atoms with Gasteiger partial charge < -0.3 is 9.67 Å². The van der Waals surface area contributed by atoms with Gasteiger partial charge in [0, 0.05) is 37.6 Å². The van der Waals surface area contributed by atoms with Crippen LogP contribution in [-0.2, 0) is 11.4 Å². The van der Waals surface area contributed by atoms with Crippen LogP contribution >= 0.6 is 0 Å². The Hall–Kier alpha value is -6.93. The summed E-state index contributed by atoms with van der Waals surface area (Å²) in [6.45, 7) is 8.17. The summed E-state index contributed by atoms with van der Waals surface area (Å²) in [7, 11) is 0. The molecule has 1 amide bonds. The molecule has 0 spiro atoms. The van der Waals surface area contributed by atoms with Crippen molar-refractivity contribution < 1.29 is 25.6 Å². The maximum atomic E-state index is 12.6. The Morgan fingerprint density at radius 3 is 1.77 bits per heavy atom. The van der Waals surface area contributed by atoms with E-state index in [1.807, 2.05) is 25.1 Å². The van der Waals surface area contributed by atoms with E-state index in [-0.39, 0.29) is 39.5 Å². The minimum Gasteiger partial charge on any atom is -0.392 e. The van der Waals surface area contributed by atoms with E-state index < -0.39 is 0 Å². The van der Waals surface area contributed by atoms with Gasteiger partial charge in [-0.1, -0.05) is 33.8 Å². The van der Waals surface area contributed by atoms with Gasteiger partial charge in [0.25, 0.3) is 0 Å². The van der Waals surface area contributed by atoms with Gasteiger partial charge in [-0.25, -0.2) is 4.98 Å². The van der Waals surface area contributed by atoms with Crippen LogP contribution < -0.4 is 5.32 Å². The van der Waals surface area contributed by atoms with Crippen molar-refractivity contribution in [3.8, 4) is 108 Å². The van der Waals surface area contributed by atoms with E-state index in [0.29, 0.717) is 12.0 Å². The van der Waals surface area contributed by atoms with E-state index in [0.717, 1.165) is 29.4 Å². The number of aliphatic hydroxyl groups excluding tert-OH is 1. The van der Waals surface area contributed by atoms with Crippen LogP contribution in [0.5, 0.6) is 0 Å². The number of terminal acetylenes is 2. The fraction of sp³-hybridized carbons (Fsp3) is 0.297. The summed E-state index contributed by atoms with van der Waals surface area (Å²) in [5.74, 6) is 38.8. The van der Waals surface area contributed by atoms with Crippen molar-refractivity contribution >= 4 is 22.9 Å². The van der Waals surface area contributed by atoms with E-state index in [2.05, 4.69) is 130 Å². The number of rotatable bonds is 4. The van der Waals surface area contributed by atoms with Gasteiger partial charge in [-0.15, -0.1) is 18.4 Å². The maximum absolute atomic E-state index is 12.6. The van der Waals surface area contributed by atoms with Crippen molar-refractivity contribution in [1.82, 2.24) is 9.55 Å². The third kappa shape index (κ3) is 15.4. The molecule has 47 heavy (non-hydrogen) atoms. The van der Waals surface area contributed by atoms with Crippen molar-refractivity contribution in [2.45, 2.75) is 59.6 Å². The second-order valence-electron chi connectivity index (χ2n) is 10.1. The van der Waals surface area contributed by atoms with Crippen LogP contribution in [0.3, 0.4) is 0 Å². The first kappa shape index (κ1) is 40.1. The number of amides is 1. The normalized spacial score (nSPS) is 10.3. The summed E-state index contributed by atoms with van der Waals surface area (Å²) < 4.78 is 2.14. The lowest BCUT2D eigenvalue weighted by atomic mass is 9.81.